The van der Waals surface area contributed by atoms with Gasteiger partial charge in [-0.25, -0.2) is 4.79 Å². The number of carbonyl (C=O) groups excluding carboxylic acids is 1. The summed E-state index contributed by atoms with van der Waals surface area (Å²) in [6, 6.07) is 7.64. The molecule has 0 fully saturated rings. The van der Waals surface area contributed by atoms with Crippen molar-refractivity contribution in [1.82, 2.24) is 0 Å². The molecule has 0 unspecified atom stereocenters. The molecule has 0 aliphatic heterocycles. The molecule has 4 heteroatoms. The smallest absolute Gasteiger partial charge is 0.411 e. The molecule has 0 atom stereocenters. The molecule has 0 heterocycles. The first-order chi connectivity index (χ1) is 9.78. The minimum absolute atomic E-state index is 0.449. The molecule has 0 radical (unpaired) electrons. The molecule has 2 N–H and O–H groups in total. The molecule has 0 saturated heterocycles. The number of nitrogens with one attached hydrogen (secondary N) is 2. The average molecular weight is 274 g/mol. The second-order valence-corrected chi connectivity index (χ2v) is 4.98. The van der Waals surface area contributed by atoms with Crippen LogP contribution in [0.15, 0.2) is 35.9 Å². The van der Waals surface area contributed by atoms with Crippen molar-refractivity contribution in [2.45, 2.75) is 32.1 Å². The Morgan fingerprint density at radius 1 is 1.20 bits per heavy atom. The first-order valence-electron chi connectivity index (χ1n) is 7.15. The van der Waals surface area contributed by atoms with E-state index in [-0.39, 0.29) is 0 Å². The summed E-state index contributed by atoms with van der Waals surface area (Å²) in [7, 11) is 1.35. The zero-order valence-corrected chi connectivity index (χ0v) is 11.9. The number of allylic oxidation sites excluding steroid dienone is 1. The Bertz CT molecular complexity index is 466. The zero-order valence-electron chi connectivity index (χ0n) is 11.9. The third kappa shape index (κ3) is 4.61. The average Bonchev–Trinajstić information content (AvgIpc) is 2.50. The summed E-state index contributed by atoms with van der Waals surface area (Å²) in [6.45, 7) is 0.954. The molecule has 0 saturated carbocycles. The van der Waals surface area contributed by atoms with Gasteiger partial charge < -0.3 is 10.1 Å². The van der Waals surface area contributed by atoms with Gasteiger partial charge in [0.1, 0.15) is 0 Å². The van der Waals surface area contributed by atoms with Gasteiger partial charge in [0, 0.05) is 17.9 Å². The van der Waals surface area contributed by atoms with E-state index in [9.17, 15) is 4.79 Å². The summed E-state index contributed by atoms with van der Waals surface area (Å²) in [5, 5.41) is 6.03. The summed E-state index contributed by atoms with van der Waals surface area (Å²) < 4.78 is 4.54. The van der Waals surface area contributed by atoms with Crippen LogP contribution in [0.2, 0.25) is 0 Å². The molecule has 4 nitrogen and oxygen atoms in total. The highest BCUT2D eigenvalue weighted by Crippen LogP contribution is 2.20. The lowest BCUT2D eigenvalue weighted by Crippen LogP contribution is -2.10. The number of carbonyl (C=O) groups is 1. The zero-order chi connectivity index (χ0) is 14.2. The Morgan fingerprint density at radius 3 is 2.60 bits per heavy atom. The summed E-state index contributed by atoms with van der Waals surface area (Å²) in [6.07, 6.45) is 8.21. The van der Waals surface area contributed by atoms with Crippen LogP contribution in [-0.4, -0.2) is 19.7 Å². The number of rotatable bonds is 5. The molecule has 2 rings (SSSR count). The lowest BCUT2D eigenvalue weighted by molar-refractivity contribution is 0.187. The highest BCUT2D eigenvalue weighted by Gasteiger charge is 2.03. The number of hydrogen-bond donors (Lipinski definition) is 2. The van der Waals surface area contributed by atoms with Gasteiger partial charge in [-0.05, 0) is 56.4 Å². The fourth-order valence-corrected chi connectivity index (χ4v) is 2.34. The largest absolute Gasteiger partial charge is 0.453 e. The van der Waals surface area contributed by atoms with E-state index in [1.54, 1.807) is 5.57 Å². The first kappa shape index (κ1) is 14.4. The SMILES string of the molecule is COC(=O)Nc1ccc(NCCC2=CCCCC2)cc1. The van der Waals surface area contributed by atoms with Crippen LogP contribution in [0.1, 0.15) is 32.1 Å². The van der Waals surface area contributed by atoms with Crippen LogP contribution in [0.3, 0.4) is 0 Å². The van der Waals surface area contributed by atoms with Crippen LogP contribution in [0.25, 0.3) is 0 Å². The van der Waals surface area contributed by atoms with Crippen LogP contribution < -0.4 is 10.6 Å². The maximum absolute atomic E-state index is 11.1. The first-order valence-corrected chi connectivity index (χ1v) is 7.15. The van der Waals surface area contributed by atoms with E-state index in [1.165, 1.54) is 32.8 Å². The van der Waals surface area contributed by atoms with Crippen molar-refractivity contribution in [3.8, 4) is 0 Å². The van der Waals surface area contributed by atoms with Gasteiger partial charge in [-0.3, -0.25) is 5.32 Å². The van der Waals surface area contributed by atoms with Crippen LogP contribution in [0.5, 0.6) is 0 Å². The molecular weight excluding hydrogens is 252 g/mol. The number of methoxy groups -OCH3 is 1. The van der Waals surface area contributed by atoms with Gasteiger partial charge >= 0.3 is 6.09 Å². The summed E-state index contributed by atoms with van der Waals surface area (Å²) in [5.74, 6) is 0. The van der Waals surface area contributed by atoms with Gasteiger partial charge in [0.25, 0.3) is 0 Å². The molecule has 0 bridgehead atoms. The highest BCUT2D eigenvalue weighted by molar-refractivity contribution is 5.84. The lowest BCUT2D eigenvalue weighted by Gasteiger charge is -2.13. The van der Waals surface area contributed by atoms with Gasteiger partial charge in [0.2, 0.25) is 0 Å². The monoisotopic (exact) mass is 274 g/mol. The standard InChI is InChI=1S/C16H22N2O2/c1-20-16(19)18-15-9-7-14(8-10-15)17-12-11-13-5-3-2-4-6-13/h5,7-10,17H,2-4,6,11-12H2,1H3,(H,18,19). The van der Waals surface area contributed by atoms with Crippen LogP contribution in [0.4, 0.5) is 16.2 Å². The second kappa shape index (κ2) is 7.58. The third-order valence-corrected chi connectivity index (χ3v) is 3.48. The van der Waals surface area contributed by atoms with E-state index in [1.807, 2.05) is 24.3 Å². The number of amides is 1. The van der Waals surface area contributed by atoms with Gasteiger partial charge in [-0.15, -0.1) is 0 Å². The van der Waals surface area contributed by atoms with E-state index in [2.05, 4.69) is 21.4 Å². The Morgan fingerprint density at radius 2 is 1.95 bits per heavy atom. The van der Waals surface area contributed by atoms with E-state index < -0.39 is 6.09 Å². The Kier molecular flexibility index (Phi) is 5.47. The van der Waals surface area contributed by atoms with E-state index in [0.29, 0.717) is 0 Å². The van der Waals surface area contributed by atoms with Crippen molar-refractivity contribution >= 4 is 17.5 Å². The molecule has 1 amide bonds. The van der Waals surface area contributed by atoms with Crippen molar-refractivity contribution in [1.29, 1.82) is 0 Å². The normalized spacial score (nSPS) is 14.3. The fourth-order valence-electron chi connectivity index (χ4n) is 2.34. The topological polar surface area (TPSA) is 50.4 Å². The summed E-state index contributed by atoms with van der Waals surface area (Å²) in [5.41, 5.74) is 3.38. The Hall–Kier alpha value is -1.97. The molecule has 1 aromatic rings. The number of ether oxygens (including phenoxy) is 1. The number of benzene rings is 1. The third-order valence-electron chi connectivity index (χ3n) is 3.48. The summed E-state index contributed by atoms with van der Waals surface area (Å²) in [4.78, 5) is 11.1. The van der Waals surface area contributed by atoms with Gasteiger partial charge in [-0.2, -0.15) is 0 Å². The fraction of sp³-hybridized carbons (Fsp3) is 0.438. The maximum atomic E-state index is 11.1. The number of hydrogen-bond acceptors (Lipinski definition) is 3. The van der Waals surface area contributed by atoms with Gasteiger partial charge in [0.15, 0.2) is 0 Å². The second-order valence-electron chi connectivity index (χ2n) is 4.98. The quantitative estimate of drug-likeness (QED) is 0.792. The molecule has 0 spiro atoms. The minimum Gasteiger partial charge on any atom is -0.453 e. The number of anilines is 2. The molecule has 108 valence electrons. The van der Waals surface area contributed by atoms with Crippen molar-refractivity contribution in [3.05, 3.63) is 35.9 Å². The van der Waals surface area contributed by atoms with E-state index >= 15 is 0 Å². The van der Waals surface area contributed by atoms with Crippen LogP contribution >= 0.6 is 0 Å². The van der Waals surface area contributed by atoms with E-state index in [0.717, 1.165) is 24.3 Å². The van der Waals surface area contributed by atoms with Crippen LogP contribution in [-0.2, 0) is 4.74 Å². The molecule has 1 aliphatic carbocycles. The van der Waals surface area contributed by atoms with Crippen LogP contribution in [0, 0.1) is 0 Å². The summed E-state index contributed by atoms with van der Waals surface area (Å²) >= 11 is 0. The van der Waals surface area contributed by atoms with Crippen molar-refractivity contribution in [3.63, 3.8) is 0 Å². The predicted molar refractivity (Wildman–Crippen MR) is 82.1 cm³/mol. The van der Waals surface area contributed by atoms with Crippen molar-refractivity contribution in [2.24, 2.45) is 0 Å². The molecule has 0 aromatic heterocycles. The van der Waals surface area contributed by atoms with E-state index in [4.69, 9.17) is 0 Å². The minimum atomic E-state index is -0.449. The lowest BCUT2D eigenvalue weighted by atomic mass is 9.97. The highest BCUT2D eigenvalue weighted by atomic mass is 16.5. The molecule has 1 aromatic carbocycles. The molecule has 1 aliphatic rings. The molecular formula is C16H22N2O2. The van der Waals surface area contributed by atoms with Gasteiger partial charge in [0.05, 0.1) is 7.11 Å². The Balaban J connectivity index is 1.75. The predicted octanol–water partition coefficient (Wildman–Crippen LogP) is 4.17. The van der Waals surface area contributed by atoms with Gasteiger partial charge in [-0.1, -0.05) is 11.6 Å². The maximum Gasteiger partial charge on any atom is 0.411 e. The van der Waals surface area contributed by atoms with Crippen molar-refractivity contribution < 1.29 is 9.53 Å². The van der Waals surface area contributed by atoms with Crippen molar-refractivity contribution in [2.75, 3.05) is 24.3 Å². The molecule has 20 heavy (non-hydrogen) atoms. The Labute approximate surface area is 120 Å².